The van der Waals surface area contributed by atoms with Gasteiger partial charge in [0, 0.05) is 49.7 Å². The Morgan fingerprint density at radius 2 is 1.89 bits per heavy atom. The number of benzene rings is 1. The first kappa shape index (κ1) is 19.4. The van der Waals surface area contributed by atoms with Gasteiger partial charge in [-0.3, -0.25) is 14.5 Å². The highest BCUT2D eigenvalue weighted by atomic mass is 16.5. The lowest BCUT2D eigenvalue weighted by atomic mass is 9.94. The van der Waals surface area contributed by atoms with Crippen LogP contribution in [0.15, 0.2) is 24.3 Å². The number of rotatable bonds is 3. The molecule has 3 heterocycles. The van der Waals surface area contributed by atoms with Crippen LogP contribution < -0.4 is 5.32 Å². The van der Waals surface area contributed by atoms with E-state index in [2.05, 4.69) is 17.1 Å². The number of ether oxygens (including phenoxy) is 1. The van der Waals surface area contributed by atoms with Crippen LogP contribution in [0.3, 0.4) is 0 Å². The molecular weight excluding hydrogens is 354 g/mol. The molecule has 0 saturated carbocycles. The van der Waals surface area contributed by atoms with Gasteiger partial charge >= 0.3 is 0 Å². The summed E-state index contributed by atoms with van der Waals surface area (Å²) in [6.07, 6.45) is 2.73. The Labute approximate surface area is 167 Å². The molecule has 0 radical (unpaired) electrons. The van der Waals surface area contributed by atoms with Crippen molar-refractivity contribution in [2.45, 2.75) is 51.3 Å². The van der Waals surface area contributed by atoms with Gasteiger partial charge in [0.15, 0.2) is 0 Å². The summed E-state index contributed by atoms with van der Waals surface area (Å²) in [5.74, 6) is 0.245. The van der Waals surface area contributed by atoms with Gasteiger partial charge in [-0.05, 0) is 44.7 Å². The van der Waals surface area contributed by atoms with Crippen molar-refractivity contribution in [1.82, 2.24) is 15.1 Å². The molecule has 3 fully saturated rings. The lowest BCUT2D eigenvalue weighted by Gasteiger charge is -2.33. The van der Waals surface area contributed by atoms with Crippen molar-refractivity contribution in [2.24, 2.45) is 5.92 Å². The van der Waals surface area contributed by atoms with Crippen LogP contribution in [0.1, 0.15) is 42.1 Å². The van der Waals surface area contributed by atoms with E-state index in [1.165, 1.54) is 0 Å². The third-order valence-electron chi connectivity index (χ3n) is 6.47. The zero-order valence-electron chi connectivity index (χ0n) is 16.9. The van der Waals surface area contributed by atoms with Gasteiger partial charge in [0.1, 0.15) is 0 Å². The van der Waals surface area contributed by atoms with E-state index in [9.17, 15) is 9.59 Å². The highest BCUT2D eigenvalue weighted by Gasteiger charge is 2.38. The zero-order chi connectivity index (χ0) is 19.7. The van der Waals surface area contributed by atoms with E-state index in [4.69, 9.17) is 4.74 Å². The summed E-state index contributed by atoms with van der Waals surface area (Å²) in [5.41, 5.74) is 1.77. The molecule has 1 aromatic carbocycles. The molecule has 0 spiro atoms. The largest absolute Gasteiger partial charge is 0.376 e. The monoisotopic (exact) mass is 385 g/mol. The number of hydrogen-bond acceptors (Lipinski definition) is 4. The number of nitrogens with one attached hydrogen (secondary N) is 1. The molecule has 152 valence electrons. The number of aryl methyl sites for hydroxylation is 1. The molecule has 3 saturated heterocycles. The van der Waals surface area contributed by atoms with Gasteiger partial charge in [0.25, 0.3) is 5.91 Å². The fraction of sp³-hybridized carbons (Fsp3) is 0.636. The molecular formula is C22H31N3O3. The SMILES string of the molecule is Cc1ccccc1C(=O)N1CCC(C(=O)N[C@H]2C[C@H]3CO[C@@H](C)CN3C2)CC1. The van der Waals surface area contributed by atoms with Gasteiger partial charge in [-0.15, -0.1) is 0 Å². The first-order chi connectivity index (χ1) is 13.5. The van der Waals surface area contributed by atoms with Gasteiger partial charge in [-0.1, -0.05) is 18.2 Å². The highest BCUT2D eigenvalue weighted by molar-refractivity contribution is 5.95. The second-order valence-electron chi connectivity index (χ2n) is 8.57. The summed E-state index contributed by atoms with van der Waals surface area (Å²) in [4.78, 5) is 29.9. The van der Waals surface area contributed by atoms with E-state index in [1.54, 1.807) is 0 Å². The van der Waals surface area contributed by atoms with Crippen LogP contribution in [0, 0.1) is 12.8 Å². The Balaban J connectivity index is 1.26. The second-order valence-corrected chi connectivity index (χ2v) is 8.57. The number of fused-ring (bicyclic) bond motifs is 1. The van der Waals surface area contributed by atoms with Crippen LogP contribution in [0.25, 0.3) is 0 Å². The quantitative estimate of drug-likeness (QED) is 0.862. The Kier molecular flexibility index (Phi) is 5.69. The zero-order valence-corrected chi connectivity index (χ0v) is 16.9. The van der Waals surface area contributed by atoms with E-state index in [-0.39, 0.29) is 29.9 Å². The van der Waals surface area contributed by atoms with Crippen molar-refractivity contribution < 1.29 is 14.3 Å². The van der Waals surface area contributed by atoms with Crippen LogP contribution in [-0.2, 0) is 9.53 Å². The lowest BCUT2D eigenvalue weighted by Crippen LogP contribution is -2.46. The molecule has 3 aliphatic rings. The lowest BCUT2D eigenvalue weighted by molar-refractivity contribution is -0.126. The van der Waals surface area contributed by atoms with Gasteiger partial charge in [-0.2, -0.15) is 0 Å². The minimum absolute atomic E-state index is 0.00808. The average Bonchev–Trinajstić information content (AvgIpc) is 3.09. The maximum Gasteiger partial charge on any atom is 0.254 e. The normalized spacial score (nSPS) is 28.8. The first-order valence-corrected chi connectivity index (χ1v) is 10.5. The molecule has 3 aliphatic heterocycles. The number of hydrogen-bond donors (Lipinski definition) is 1. The van der Waals surface area contributed by atoms with Crippen molar-refractivity contribution in [2.75, 3.05) is 32.8 Å². The molecule has 2 amide bonds. The number of morpholine rings is 1. The number of likely N-dealkylation sites (tertiary alicyclic amines) is 1. The Morgan fingerprint density at radius 1 is 1.14 bits per heavy atom. The highest BCUT2D eigenvalue weighted by Crippen LogP contribution is 2.25. The van der Waals surface area contributed by atoms with Gasteiger partial charge in [0.05, 0.1) is 12.7 Å². The number of piperidine rings is 1. The number of carbonyl (C=O) groups excluding carboxylic acids is 2. The summed E-state index contributed by atoms with van der Waals surface area (Å²) >= 11 is 0. The third kappa shape index (κ3) is 4.08. The second kappa shape index (κ2) is 8.21. The number of carbonyl (C=O) groups is 2. The average molecular weight is 386 g/mol. The van der Waals surface area contributed by atoms with Crippen LogP contribution in [0.4, 0.5) is 0 Å². The van der Waals surface area contributed by atoms with Gasteiger partial charge in [-0.25, -0.2) is 0 Å². The fourth-order valence-corrected chi connectivity index (χ4v) is 4.79. The Hall–Kier alpha value is -1.92. The van der Waals surface area contributed by atoms with Crippen molar-refractivity contribution in [1.29, 1.82) is 0 Å². The summed E-state index contributed by atoms with van der Waals surface area (Å²) in [6.45, 7) is 8.02. The first-order valence-electron chi connectivity index (χ1n) is 10.5. The van der Waals surface area contributed by atoms with E-state index in [1.807, 2.05) is 36.1 Å². The van der Waals surface area contributed by atoms with Gasteiger partial charge in [0.2, 0.25) is 5.91 Å². The molecule has 0 aromatic heterocycles. The van der Waals surface area contributed by atoms with Gasteiger partial charge < -0.3 is 15.0 Å². The smallest absolute Gasteiger partial charge is 0.254 e. The van der Waals surface area contributed by atoms with Crippen LogP contribution >= 0.6 is 0 Å². The number of nitrogens with zero attached hydrogens (tertiary/aromatic N) is 2. The minimum atomic E-state index is 0.00808. The van der Waals surface area contributed by atoms with Crippen molar-refractivity contribution >= 4 is 11.8 Å². The topological polar surface area (TPSA) is 61.9 Å². The standard InChI is InChI=1S/C22H31N3O3/c1-15-5-3-4-6-20(15)22(27)24-9-7-17(8-10-24)21(26)23-18-11-19-14-28-16(2)12-25(19)13-18/h3-6,16-19H,7-14H2,1-2H3,(H,23,26)/t16-,18-,19-/m0/s1. The van der Waals surface area contributed by atoms with Crippen molar-refractivity contribution in [3.63, 3.8) is 0 Å². The predicted molar refractivity (Wildman–Crippen MR) is 107 cm³/mol. The maximum atomic E-state index is 12.8. The van der Waals surface area contributed by atoms with Crippen LogP contribution in [0.5, 0.6) is 0 Å². The molecule has 0 aliphatic carbocycles. The molecule has 0 unspecified atom stereocenters. The molecule has 6 nitrogen and oxygen atoms in total. The predicted octanol–water partition coefficient (Wildman–Crippen LogP) is 1.83. The van der Waals surface area contributed by atoms with E-state index in [0.29, 0.717) is 19.1 Å². The fourth-order valence-electron chi connectivity index (χ4n) is 4.79. The molecule has 3 atom stereocenters. The Morgan fingerprint density at radius 3 is 2.64 bits per heavy atom. The van der Waals surface area contributed by atoms with Crippen LogP contribution in [0.2, 0.25) is 0 Å². The van der Waals surface area contributed by atoms with E-state index < -0.39 is 0 Å². The molecule has 28 heavy (non-hydrogen) atoms. The molecule has 4 rings (SSSR count). The summed E-state index contributed by atoms with van der Waals surface area (Å²) < 4.78 is 5.75. The summed E-state index contributed by atoms with van der Waals surface area (Å²) in [6, 6.07) is 8.37. The summed E-state index contributed by atoms with van der Waals surface area (Å²) in [5, 5.41) is 3.27. The third-order valence-corrected chi connectivity index (χ3v) is 6.47. The maximum absolute atomic E-state index is 12.8. The molecule has 1 aromatic rings. The molecule has 0 bridgehead atoms. The number of amides is 2. The Bertz CT molecular complexity index is 729. The summed E-state index contributed by atoms with van der Waals surface area (Å²) in [7, 11) is 0. The van der Waals surface area contributed by atoms with E-state index >= 15 is 0 Å². The van der Waals surface area contributed by atoms with E-state index in [0.717, 1.165) is 50.1 Å². The molecule has 6 heteroatoms. The molecule has 1 N–H and O–H groups in total. The van der Waals surface area contributed by atoms with Crippen LogP contribution in [-0.4, -0.2) is 72.6 Å². The minimum Gasteiger partial charge on any atom is -0.376 e. The van der Waals surface area contributed by atoms with Crippen molar-refractivity contribution in [3.05, 3.63) is 35.4 Å². The van der Waals surface area contributed by atoms with Crippen molar-refractivity contribution in [3.8, 4) is 0 Å².